The lowest BCUT2D eigenvalue weighted by molar-refractivity contribution is -0.366. The number of rotatable bonds is 2. The number of nitrogens with zero attached hydrogens (tertiary/aromatic N) is 4. The third-order valence-electron chi connectivity index (χ3n) is 6.70. The molecule has 1 aliphatic carbocycles. The van der Waals surface area contributed by atoms with Crippen molar-refractivity contribution in [3.8, 4) is 0 Å². The number of fused-ring (bicyclic) bond motifs is 5. The van der Waals surface area contributed by atoms with Gasteiger partial charge >= 0.3 is 0 Å². The molecule has 0 saturated carbocycles. The van der Waals surface area contributed by atoms with Crippen LogP contribution >= 0.6 is 11.3 Å². The highest BCUT2D eigenvalue weighted by Gasteiger charge is 2.29. The van der Waals surface area contributed by atoms with Crippen LogP contribution in [0.2, 0.25) is 0 Å². The third-order valence-corrected chi connectivity index (χ3v) is 7.78. The van der Waals surface area contributed by atoms with Crippen LogP contribution in [0, 0.1) is 0 Å². The van der Waals surface area contributed by atoms with E-state index in [0.717, 1.165) is 62.6 Å². The summed E-state index contributed by atoms with van der Waals surface area (Å²) in [5.74, 6) is 2.46. The van der Waals surface area contributed by atoms with Crippen molar-refractivity contribution in [2.75, 3.05) is 49.2 Å². The van der Waals surface area contributed by atoms with Gasteiger partial charge < -0.3 is 9.64 Å². The first-order valence-corrected chi connectivity index (χ1v) is 11.9. The second-order valence-electron chi connectivity index (χ2n) is 8.46. The summed E-state index contributed by atoms with van der Waals surface area (Å²) in [7, 11) is 0. The van der Waals surface area contributed by atoms with E-state index < -0.39 is 0 Å². The Morgan fingerprint density at radius 3 is 2.52 bits per heavy atom. The maximum Gasteiger partial charge on any atom is 0.242 e. The number of nitrogens with one attached hydrogen (secondary N) is 1. The van der Waals surface area contributed by atoms with Crippen LogP contribution in [-0.4, -0.2) is 49.4 Å². The van der Waals surface area contributed by atoms with E-state index in [0.29, 0.717) is 0 Å². The molecule has 0 atom stereocenters. The number of ether oxygens (including phenoxy) is 1. The Bertz CT molecular complexity index is 1050. The highest BCUT2D eigenvalue weighted by molar-refractivity contribution is 7.26. The van der Waals surface area contributed by atoms with Crippen molar-refractivity contribution in [3.63, 3.8) is 0 Å². The van der Waals surface area contributed by atoms with Gasteiger partial charge in [0.05, 0.1) is 31.7 Å². The van der Waals surface area contributed by atoms with E-state index in [1.54, 1.807) is 0 Å². The van der Waals surface area contributed by atoms with E-state index in [1.165, 1.54) is 65.0 Å². The zero-order chi connectivity index (χ0) is 19.2. The molecule has 0 amide bonds. The molecule has 0 radical (unpaired) electrons. The minimum atomic E-state index is 0.802. The lowest BCUT2D eigenvalue weighted by Gasteiger charge is -2.31. The maximum atomic E-state index is 5.60. The van der Waals surface area contributed by atoms with Gasteiger partial charge in [-0.1, -0.05) is 0 Å². The van der Waals surface area contributed by atoms with Crippen molar-refractivity contribution in [2.45, 2.75) is 44.9 Å². The van der Waals surface area contributed by atoms with Crippen molar-refractivity contribution in [3.05, 3.63) is 17.5 Å². The predicted octanol–water partition coefficient (Wildman–Crippen LogP) is 3.36. The molecule has 0 bridgehead atoms. The number of morpholine rings is 1. The molecular weight excluding hydrogens is 382 g/mol. The monoisotopic (exact) mass is 410 g/mol. The van der Waals surface area contributed by atoms with Gasteiger partial charge in [0.1, 0.15) is 15.3 Å². The minimum Gasteiger partial charge on any atom is -0.378 e. The molecule has 2 fully saturated rings. The van der Waals surface area contributed by atoms with Gasteiger partial charge in [-0.15, -0.1) is 16.3 Å². The summed E-state index contributed by atoms with van der Waals surface area (Å²) in [6.07, 6.45) is 10.6. The van der Waals surface area contributed by atoms with Crippen LogP contribution in [0.5, 0.6) is 0 Å². The second kappa shape index (κ2) is 7.36. The van der Waals surface area contributed by atoms with Gasteiger partial charge in [-0.3, -0.25) is 4.90 Å². The van der Waals surface area contributed by atoms with E-state index in [9.17, 15) is 0 Å². The largest absolute Gasteiger partial charge is 0.378 e. The van der Waals surface area contributed by atoms with Crippen LogP contribution in [0.25, 0.3) is 20.4 Å². The summed E-state index contributed by atoms with van der Waals surface area (Å²) in [5, 5.41) is 1.32. The Balaban J connectivity index is 1.57. The van der Waals surface area contributed by atoms with Crippen molar-refractivity contribution in [1.82, 2.24) is 9.97 Å². The second-order valence-corrected chi connectivity index (χ2v) is 9.46. The molecular formula is C22H28N5OS+. The summed E-state index contributed by atoms with van der Waals surface area (Å²) in [6.45, 7) is 5.76. The topological polar surface area (TPSA) is 55.6 Å². The number of thiophene rings is 1. The molecule has 2 saturated heterocycles. The van der Waals surface area contributed by atoms with E-state index in [-0.39, 0.29) is 0 Å². The van der Waals surface area contributed by atoms with Gasteiger partial charge in [-0.2, -0.15) is 0 Å². The third kappa shape index (κ3) is 2.97. The maximum absolute atomic E-state index is 5.60. The Morgan fingerprint density at radius 2 is 1.69 bits per heavy atom. The molecule has 6 nitrogen and oxygen atoms in total. The number of aromatic nitrogens is 3. The summed E-state index contributed by atoms with van der Waals surface area (Å²) in [6, 6.07) is 0. The number of hydrogen-bond donors (Lipinski definition) is 0. The first-order chi connectivity index (χ1) is 14.4. The van der Waals surface area contributed by atoms with Gasteiger partial charge in [0.25, 0.3) is 0 Å². The van der Waals surface area contributed by atoms with E-state index in [4.69, 9.17) is 14.7 Å². The molecule has 0 aromatic carbocycles. The summed E-state index contributed by atoms with van der Waals surface area (Å²) in [4.78, 5) is 19.7. The molecule has 3 aromatic heterocycles. The van der Waals surface area contributed by atoms with Gasteiger partial charge in [0.2, 0.25) is 12.1 Å². The van der Waals surface area contributed by atoms with Crippen molar-refractivity contribution in [2.24, 2.45) is 0 Å². The highest BCUT2D eigenvalue weighted by atomic mass is 32.1. The number of aryl methyl sites for hydroxylation is 1. The quantitative estimate of drug-likeness (QED) is 0.648. The fourth-order valence-corrected chi connectivity index (χ4v) is 6.43. The summed E-state index contributed by atoms with van der Waals surface area (Å²) in [5.41, 5.74) is 4.14. The normalized spacial score (nSPS) is 20.4. The standard InChI is InChI=1S/C22H27N5OS/c1-4-8-26(9-5-1)21-19-18(23-14-24-21)17-15-6-2-3-7-16(15)20(25-22(17)29-19)27-10-12-28-13-11-27/h14H,1-13H2/p+1. The molecule has 3 aliphatic rings. The van der Waals surface area contributed by atoms with E-state index in [1.807, 2.05) is 17.7 Å². The van der Waals surface area contributed by atoms with Crippen LogP contribution in [0.4, 0.5) is 11.6 Å². The van der Waals surface area contributed by atoms with Crippen molar-refractivity contribution >= 4 is 43.4 Å². The highest BCUT2D eigenvalue weighted by Crippen LogP contribution is 2.43. The van der Waals surface area contributed by atoms with E-state index >= 15 is 0 Å². The van der Waals surface area contributed by atoms with Gasteiger partial charge in [0, 0.05) is 13.1 Å². The fourth-order valence-electron chi connectivity index (χ4n) is 5.25. The molecule has 29 heavy (non-hydrogen) atoms. The van der Waals surface area contributed by atoms with Crippen LogP contribution in [0.3, 0.4) is 0 Å². The van der Waals surface area contributed by atoms with Gasteiger partial charge in [-0.25, -0.2) is 9.97 Å². The minimum absolute atomic E-state index is 0.802. The number of aromatic amines is 1. The average Bonchev–Trinajstić information content (AvgIpc) is 3.18. The number of pyridine rings is 1. The number of piperidine rings is 1. The number of anilines is 2. The molecule has 5 heterocycles. The number of H-pyrrole nitrogens is 1. The molecule has 7 heteroatoms. The zero-order valence-electron chi connectivity index (χ0n) is 16.9. The Hall–Kier alpha value is -1.99. The van der Waals surface area contributed by atoms with Crippen molar-refractivity contribution in [1.29, 1.82) is 0 Å². The van der Waals surface area contributed by atoms with Crippen LogP contribution in [0.1, 0.15) is 43.2 Å². The Morgan fingerprint density at radius 1 is 0.897 bits per heavy atom. The van der Waals surface area contributed by atoms with Crippen LogP contribution in [-0.2, 0) is 17.6 Å². The van der Waals surface area contributed by atoms with Crippen LogP contribution in [0.15, 0.2) is 6.33 Å². The molecule has 3 aromatic rings. The predicted molar refractivity (Wildman–Crippen MR) is 117 cm³/mol. The smallest absolute Gasteiger partial charge is 0.242 e. The lowest BCUT2D eigenvalue weighted by atomic mass is 9.90. The molecule has 0 spiro atoms. The van der Waals surface area contributed by atoms with Crippen molar-refractivity contribution < 1.29 is 9.72 Å². The van der Waals surface area contributed by atoms with Crippen LogP contribution < -0.4 is 14.8 Å². The SMILES string of the molecule is c1nc2c(sc3nc(N4CCOCC4)c4c(c32)CCCC4)c(N2CCCCC2)[nH+]1. The van der Waals surface area contributed by atoms with Gasteiger partial charge in [-0.05, 0) is 56.1 Å². The Labute approximate surface area is 174 Å². The summed E-state index contributed by atoms with van der Waals surface area (Å²) >= 11 is 1.83. The molecule has 2 aliphatic heterocycles. The van der Waals surface area contributed by atoms with Gasteiger partial charge in [0.15, 0.2) is 5.52 Å². The molecule has 1 N–H and O–H groups in total. The lowest BCUT2D eigenvalue weighted by Crippen LogP contribution is -2.37. The zero-order valence-corrected chi connectivity index (χ0v) is 17.7. The molecule has 0 unspecified atom stereocenters. The van der Waals surface area contributed by atoms with E-state index in [2.05, 4.69) is 14.8 Å². The first kappa shape index (κ1) is 17.8. The number of hydrogen-bond acceptors (Lipinski definition) is 6. The molecule has 6 rings (SSSR count). The molecule has 152 valence electrons. The first-order valence-electron chi connectivity index (χ1n) is 11.1. The average molecular weight is 411 g/mol. The summed E-state index contributed by atoms with van der Waals surface area (Å²) < 4.78 is 6.88. The fraction of sp³-hybridized carbons (Fsp3) is 0.591. The Kier molecular flexibility index (Phi) is 4.53.